The molecule has 0 saturated carbocycles. The highest BCUT2D eigenvalue weighted by atomic mass is 19.3. The number of carbonyl (C=O) groups excluding carboxylic acids is 1. The molecule has 0 aromatic carbocycles. The van der Waals surface area contributed by atoms with Gasteiger partial charge in [0, 0.05) is 26.7 Å². The fraction of sp³-hybridized carbons (Fsp3) is 0.567. The molecule has 1 unspecified atom stereocenters. The van der Waals surface area contributed by atoms with Crippen molar-refractivity contribution in [2.75, 3.05) is 32.2 Å². The van der Waals surface area contributed by atoms with Crippen molar-refractivity contribution in [3.63, 3.8) is 0 Å². The van der Waals surface area contributed by atoms with Crippen LogP contribution in [0, 0.1) is 5.92 Å². The number of carbonyl (C=O) groups is 1. The number of nitrogens with zero attached hydrogens (tertiary/aromatic N) is 4. The van der Waals surface area contributed by atoms with E-state index in [1.165, 1.54) is 19.2 Å². The topological polar surface area (TPSA) is 74.6 Å². The lowest BCUT2D eigenvalue weighted by Crippen LogP contribution is -2.31. The van der Waals surface area contributed by atoms with E-state index >= 15 is 0 Å². The molecule has 7 nitrogen and oxygen atoms in total. The van der Waals surface area contributed by atoms with E-state index in [9.17, 15) is 26.7 Å². The van der Waals surface area contributed by atoms with Crippen molar-refractivity contribution in [1.82, 2.24) is 20.2 Å². The molecule has 0 bridgehead atoms. The number of anilines is 1. The van der Waals surface area contributed by atoms with E-state index in [4.69, 9.17) is 0 Å². The van der Waals surface area contributed by atoms with Crippen molar-refractivity contribution >= 4 is 23.6 Å². The lowest BCUT2D eigenvalue weighted by atomic mass is 10.0. The van der Waals surface area contributed by atoms with Gasteiger partial charge in [0.1, 0.15) is 17.5 Å². The van der Waals surface area contributed by atoms with Crippen LogP contribution in [0.25, 0.3) is 5.57 Å². The van der Waals surface area contributed by atoms with Gasteiger partial charge in [0.05, 0.1) is 25.3 Å². The van der Waals surface area contributed by atoms with Gasteiger partial charge < -0.3 is 20.1 Å². The number of hydrogen-bond acceptors (Lipinski definition) is 5. The number of nitrogens with one attached hydrogen (secondary N) is 2. The van der Waals surface area contributed by atoms with Gasteiger partial charge >= 0.3 is 0 Å². The SMILES string of the molecule is CC.CCNC(=O)c1nc(/C(C)=C/C=C(\NC)C(F)F)n(C/C(C)=C/C(F)=C(\C)F)c1N1C=NC([C@@H](C)CC)C1.CF. The van der Waals surface area contributed by atoms with Crippen LogP contribution in [-0.4, -0.2) is 61.6 Å². The van der Waals surface area contributed by atoms with Gasteiger partial charge in [-0.15, -0.1) is 0 Å². The Morgan fingerprint density at radius 3 is 2.26 bits per heavy atom. The minimum Gasteiger partial charge on any atom is -0.387 e. The summed E-state index contributed by atoms with van der Waals surface area (Å²) < 4.78 is 65.2. The van der Waals surface area contributed by atoms with Gasteiger partial charge in [0.15, 0.2) is 11.5 Å². The first-order valence-corrected chi connectivity index (χ1v) is 14.0. The Hall–Kier alpha value is -3.44. The molecule has 1 aliphatic rings. The van der Waals surface area contributed by atoms with Crippen LogP contribution in [0.3, 0.4) is 0 Å². The monoisotopic (exact) mass is 602 g/mol. The average Bonchev–Trinajstić information content (AvgIpc) is 3.60. The Labute approximate surface area is 247 Å². The summed E-state index contributed by atoms with van der Waals surface area (Å²) >= 11 is 0. The fourth-order valence-electron chi connectivity index (χ4n) is 3.95. The Morgan fingerprint density at radius 2 is 1.76 bits per heavy atom. The number of rotatable bonds is 12. The highest BCUT2D eigenvalue weighted by Crippen LogP contribution is 2.31. The van der Waals surface area contributed by atoms with Gasteiger partial charge in [0.25, 0.3) is 12.3 Å². The molecule has 2 N–H and O–H groups in total. The summed E-state index contributed by atoms with van der Waals surface area (Å²) in [4.78, 5) is 24.2. The molecule has 1 aromatic heterocycles. The molecule has 0 saturated heterocycles. The van der Waals surface area contributed by atoms with Gasteiger partial charge in [-0.2, -0.15) is 0 Å². The summed E-state index contributed by atoms with van der Waals surface area (Å²) in [7, 11) is 1.90. The van der Waals surface area contributed by atoms with Crippen molar-refractivity contribution in [2.45, 2.75) is 80.8 Å². The maximum atomic E-state index is 14.1. The zero-order chi connectivity index (χ0) is 32.6. The number of allylic oxidation sites excluding steroid dienone is 8. The van der Waals surface area contributed by atoms with Crippen LogP contribution in [0.5, 0.6) is 0 Å². The highest BCUT2D eigenvalue weighted by molar-refractivity contribution is 6.00. The summed E-state index contributed by atoms with van der Waals surface area (Å²) in [5, 5.41) is 5.23. The van der Waals surface area contributed by atoms with Gasteiger partial charge in [0.2, 0.25) is 0 Å². The molecule has 42 heavy (non-hydrogen) atoms. The van der Waals surface area contributed by atoms with Crippen LogP contribution in [-0.2, 0) is 6.54 Å². The molecule has 1 amide bonds. The third-order valence-corrected chi connectivity index (χ3v) is 6.35. The van der Waals surface area contributed by atoms with Gasteiger partial charge in [-0.25, -0.2) is 22.5 Å². The first kappa shape index (κ1) is 38.6. The average molecular weight is 603 g/mol. The summed E-state index contributed by atoms with van der Waals surface area (Å²) in [6.07, 6.45) is 3.70. The Bertz CT molecular complexity index is 1150. The molecule has 1 aliphatic heterocycles. The number of imidazole rings is 1. The lowest BCUT2D eigenvalue weighted by Gasteiger charge is -2.22. The van der Waals surface area contributed by atoms with Gasteiger partial charge in [-0.1, -0.05) is 45.8 Å². The second-order valence-electron chi connectivity index (χ2n) is 9.32. The van der Waals surface area contributed by atoms with Crippen LogP contribution in [0.15, 0.2) is 46.1 Å². The Balaban J connectivity index is 0.00000402. The van der Waals surface area contributed by atoms with Crippen LogP contribution >= 0.6 is 0 Å². The van der Waals surface area contributed by atoms with Gasteiger partial charge in [-0.05, 0) is 51.3 Å². The molecule has 0 fully saturated rings. The number of alkyl halides is 3. The number of hydrogen-bond donors (Lipinski definition) is 2. The Kier molecular flexibility index (Phi) is 18.0. The molecule has 2 rings (SSSR count). The van der Waals surface area contributed by atoms with E-state index in [1.54, 1.807) is 31.7 Å². The van der Waals surface area contributed by atoms with Crippen molar-refractivity contribution in [1.29, 1.82) is 0 Å². The van der Waals surface area contributed by atoms with E-state index in [2.05, 4.69) is 34.5 Å². The second-order valence-corrected chi connectivity index (χ2v) is 9.32. The molecular weight excluding hydrogens is 555 g/mol. The minimum atomic E-state index is -2.70. The summed E-state index contributed by atoms with van der Waals surface area (Å²) in [5.74, 6) is -1.29. The molecule has 2 atom stereocenters. The number of halogens is 5. The fourth-order valence-corrected chi connectivity index (χ4v) is 3.95. The zero-order valence-corrected chi connectivity index (χ0v) is 26.5. The predicted octanol–water partition coefficient (Wildman–Crippen LogP) is 7.40. The van der Waals surface area contributed by atoms with Crippen LogP contribution in [0.4, 0.5) is 27.8 Å². The molecule has 1 aromatic rings. The zero-order valence-electron chi connectivity index (χ0n) is 26.5. The van der Waals surface area contributed by atoms with Crippen LogP contribution in [0.1, 0.15) is 78.1 Å². The first-order valence-electron chi connectivity index (χ1n) is 14.0. The van der Waals surface area contributed by atoms with Crippen molar-refractivity contribution in [3.8, 4) is 0 Å². The molecular formula is C30H47F5N6O. The first-order chi connectivity index (χ1) is 19.9. The van der Waals surface area contributed by atoms with E-state index in [-0.39, 0.29) is 24.0 Å². The van der Waals surface area contributed by atoms with E-state index < -0.39 is 24.0 Å². The summed E-state index contributed by atoms with van der Waals surface area (Å²) in [5.41, 5.74) is 0.804. The molecule has 238 valence electrons. The third kappa shape index (κ3) is 10.8. The smallest absolute Gasteiger partial charge is 0.277 e. The Morgan fingerprint density at radius 1 is 1.14 bits per heavy atom. The lowest BCUT2D eigenvalue weighted by molar-refractivity contribution is 0.0952. The quantitative estimate of drug-likeness (QED) is 0.193. The number of aromatic nitrogens is 2. The molecule has 2 heterocycles. The van der Waals surface area contributed by atoms with Crippen molar-refractivity contribution < 1.29 is 26.7 Å². The van der Waals surface area contributed by atoms with E-state index in [0.29, 0.717) is 49.0 Å². The third-order valence-electron chi connectivity index (χ3n) is 6.35. The summed E-state index contributed by atoms with van der Waals surface area (Å²) in [6, 6.07) is 0.00360. The maximum absolute atomic E-state index is 14.1. The standard InChI is InChI=1S/C27H38F4N6O.C2H6.CH3F/c1-8-17(4)22-14-36(15-34-22)27-23(26(38)33-9-2)35-25(18(5)10-11-21(32-7)24(30)31)37(27)13-16(3)12-20(29)19(6)28;2*1-2/h10-12,15,17,22,24,32H,8-9,13-14H2,1-7H3,(H,33,38);1-2H3;1H3/b16-12+,18-10+,20-19-,21-11-;;/t17-,22?;;/m0../s1. The van der Waals surface area contributed by atoms with Crippen molar-refractivity contribution in [3.05, 3.63) is 52.7 Å². The molecule has 0 spiro atoms. The normalized spacial score (nSPS) is 16.8. The number of aliphatic imine (C=N–C) groups is 1. The molecule has 0 radical (unpaired) electrons. The minimum absolute atomic E-state index is 0.00360. The summed E-state index contributed by atoms with van der Waals surface area (Å²) in [6.45, 7) is 15.2. The van der Waals surface area contributed by atoms with Gasteiger partial charge in [-0.3, -0.25) is 14.2 Å². The van der Waals surface area contributed by atoms with Crippen LogP contribution < -0.4 is 15.5 Å². The largest absolute Gasteiger partial charge is 0.387 e. The second kappa shape index (κ2) is 19.6. The number of amides is 1. The highest BCUT2D eigenvalue weighted by Gasteiger charge is 2.31. The maximum Gasteiger partial charge on any atom is 0.277 e. The molecule has 0 aliphatic carbocycles. The van der Waals surface area contributed by atoms with Crippen molar-refractivity contribution in [2.24, 2.45) is 10.9 Å². The van der Waals surface area contributed by atoms with E-state index in [0.717, 1.165) is 19.4 Å². The van der Waals surface area contributed by atoms with E-state index in [1.807, 2.05) is 18.7 Å². The predicted molar refractivity (Wildman–Crippen MR) is 163 cm³/mol. The molecule has 12 heteroatoms. The van der Waals surface area contributed by atoms with Crippen LogP contribution in [0.2, 0.25) is 0 Å².